The Hall–Kier alpha value is -3.70. The minimum atomic E-state index is -0.632. The van der Waals surface area contributed by atoms with E-state index < -0.39 is 12.1 Å². The van der Waals surface area contributed by atoms with Crippen molar-refractivity contribution < 1.29 is 38.0 Å². The molecule has 0 radical (unpaired) electrons. The molecule has 0 spiro atoms. The van der Waals surface area contributed by atoms with Crippen LogP contribution < -0.4 is 34.3 Å². The number of amides is 1. The zero-order valence-electron chi connectivity index (χ0n) is 24.7. The second-order valence-corrected chi connectivity index (χ2v) is 11.2. The average Bonchev–Trinajstić information content (AvgIpc) is 3.63. The molecule has 1 amide bonds. The first-order valence-electron chi connectivity index (χ1n) is 14.6. The number of fused-ring (bicyclic) bond motifs is 3. The molecule has 1 fully saturated rings. The zero-order chi connectivity index (χ0) is 29.4. The van der Waals surface area contributed by atoms with E-state index in [-0.39, 0.29) is 31.8 Å². The van der Waals surface area contributed by atoms with Crippen molar-refractivity contribution in [3.8, 4) is 28.7 Å². The topological polar surface area (TPSA) is 117 Å². The van der Waals surface area contributed by atoms with Crippen LogP contribution in [-0.4, -0.2) is 71.1 Å². The van der Waals surface area contributed by atoms with Crippen molar-refractivity contribution in [3.05, 3.63) is 39.9 Å². The number of likely N-dealkylation sites (N-methyl/N-ethyl adjacent to an activating group) is 1. The van der Waals surface area contributed by atoms with Gasteiger partial charge in [0, 0.05) is 35.8 Å². The molecule has 3 heterocycles. The van der Waals surface area contributed by atoms with Gasteiger partial charge in [-0.05, 0) is 37.9 Å². The standard InChI is InChI=1S/C31H39N3O8/c1-34-13-12-18-20(14-33-22(35)15-32-17-8-6-5-7-9-17)27-30(41-16-40-27)29(39-4)23(18)25(34)26-19-10-11-21(37-2)28(38-3)24(19)31(36)42-26/h10-11,17,25-26,32H,5-9,12-16H2,1-4H3,(H,33,35)/t25-,26+/m1/s1. The van der Waals surface area contributed by atoms with Crippen LogP contribution in [-0.2, 0) is 22.5 Å². The van der Waals surface area contributed by atoms with Crippen molar-refractivity contribution in [2.75, 3.05) is 48.3 Å². The number of rotatable bonds is 9. The van der Waals surface area contributed by atoms with Gasteiger partial charge in [0.05, 0.1) is 33.9 Å². The van der Waals surface area contributed by atoms with Gasteiger partial charge >= 0.3 is 5.97 Å². The van der Waals surface area contributed by atoms with Crippen LogP contribution in [0.25, 0.3) is 0 Å². The number of esters is 1. The highest BCUT2D eigenvalue weighted by molar-refractivity contribution is 5.98. The molecule has 2 aromatic rings. The molecular weight excluding hydrogens is 542 g/mol. The van der Waals surface area contributed by atoms with Crippen LogP contribution in [0.4, 0.5) is 0 Å². The van der Waals surface area contributed by atoms with Crippen LogP contribution in [0.3, 0.4) is 0 Å². The molecule has 42 heavy (non-hydrogen) atoms. The van der Waals surface area contributed by atoms with Crippen molar-refractivity contribution in [1.29, 1.82) is 0 Å². The number of methoxy groups -OCH3 is 3. The lowest BCUT2D eigenvalue weighted by atomic mass is 9.83. The molecule has 0 aromatic heterocycles. The maximum Gasteiger partial charge on any atom is 0.343 e. The largest absolute Gasteiger partial charge is 0.493 e. The molecule has 1 aliphatic carbocycles. The van der Waals surface area contributed by atoms with Crippen LogP contribution in [0, 0.1) is 0 Å². The Labute approximate surface area is 245 Å². The predicted molar refractivity (Wildman–Crippen MR) is 153 cm³/mol. The van der Waals surface area contributed by atoms with Gasteiger partial charge in [0.1, 0.15) is 11.7 Å². The average molecular weight is 582 g/mol. The summed E-state index contributed by atoms with van der Waals surface area (Å²) in [5, 5.41) is 6.50. The highest BCUT2D eigenvalue weighted by atomic mass is 16.7. The molecule has 4 aliphatic rings. The van der Waals surface area contributed by atoms with Crippen LogP contribution >= 0.6 is 0 Å². The van der Waals surface area contributed by atoms with Crippen molar-refractivity contribution in [2.45, 2.75) is 63.3 Å². The van der Waals surface area contributed by atoms with Crippen LogP contribution in [0.5, 0.6) is 28.7 Å². The monoisotopic (exact) mass is 581 g/mol. The number of nitrogens with one attached hydrogen (secondary N) is 2. The summed E-state index contributed by atoms with van der Waals surface area (Å²) in [5.74, 6) is 1.91. The second-order valence-electron chi connectivity index (χ2n) is 11.2. The van der Waals surface area contributed by atoms with Crippen LogP contribution in [0.2, 0.25) is 0 Å². The third kappa shape index (κ3) is 4.88. The molecule has 11 heteroatoms. The van der Waals surface area contributed by atoms with E-state index in [9.17, 15) is 9.59 Å². The molecule has 1 saturated carbocycles. The second kappa shape index (κ2) is 11.9. The molecule has 11 nitrogen and oxygen atoms in total. The number of benzene rings is 2. The Kier molecular flexibility index (Phi) is 8.04. The maximum atomic E-state index is 13.2. The number of nitrogens with zero attached hydrogens (tertiary/aromatic N) is 1. The summed E-state index contributed by atoms with van der Waals surface area (Å²) in [6.07, 6.45) is 5.97. The first-order chi connectivity index (χ1) is 20.5. The summed E-state index contributed by atoms with van der Waals surface area (Å²) < 4.78 is 34.9. The first-order valence-corrected chi connectivity index (χ1v) is 14.6. The molecule has 2 N–H and O–H groups in total. The van der Waals surface area contributed by atoms with E-state index in [0.29, 0.717) is 58.9 Å². The Morgan fingerprint density at radius 1 is 1.02 bits per heavy atom. The molecule has 3 aliphatic heterocycles. The fraction of sp³-hybridized carbons (Fsp3) is 0.548. The van der Waals surface area contributed by atoms with E-state index in [1.165, 1.54) is 33.5 Å². The van der Waals surface area contributed by atoms with Gasteiger partial charge in [-0.25, -0.2) is 4.79 Å². The van der Waals surface area contributed by atoms with Gasteiger partial charge in [0.15, 0.2) is 23.0 Å². The first kappa shape index (κ1) is 28.4. The summed E-state index contributed by atoms with van der Waals surface area (Å²) in [7, 11) is 6.65. The van der Waals surface area contributed by atoms with Gasteiger partial charge in [0.2, 0.25) is 18.4 Å². The lowest BCUT2D eigenvalue weighted by Gasteiger charge is -2.39. The Morgan fingerprint density at radius 2 is 1.79 bits per heavy atom. The summed E-state index contributed by atoms with van der Waals surface area (Å²) >= 11 is 0. The Morgan fingerprint density at radius 3 is 2.52 bits per heavy atom. The summed E-state index contributed by atoms with van der Waals surface area (Å²) in [5.41, 5.74) is 3.80. The molecule has 2 atom stereocenters. The summed E-state index contributed by atoms with van der Waals surface area (Å²) in [4.78, 5) is 28.3. The van der Waals surface area contributed by atoms with E-state index >= 15 is 0 Å². The number of carbonyl (C=O) groups excluding carboxylic acids is 2. The maximum absolute atomic E-state index is 13.2. The minimum absolute atomic E-state index is 0.0531. The Balaban J connectivity index is 1.35. The Bertz CT molecular complexity index is 1370. The van der Waals surface area contributed by atoms with Crippen LogP contribution in [0.1, 0.15) is 76.9 Å². The van der Waals surface area contributed by atoms with E-state index in [2.05, 4.69) is 15.5 Å². The highest BCUT2D eigenvalue weighted by Gasteiger charge is 2.47. The van der Waals surface area contributed by atoms with Gasteiger partial charge < -0.3 is 39.1 Å². The third-order valence-corrected chi connectivity index (χ3v) is 8.94. The normalized spacial score (nSPS) is 21.4. The number of cyclic esters (lactones) is 1. The zero-order valence-corrected chi connectivity index (χ0v) is 24.7. The molecule has 226 valence electrons. The minimum Gasteiger partial charge on any atom is -0.493 e. The summed E-state index contributed by atoms with van der Waals surface area (Å²) in [6, 6.07) is 3.65. The van der Waals surface area contributed by atoms with E-state index in [1.54, 1.807) is 13.2 Å². The smallest absolute Gasteiger partial charge is 0.343 e. The fourth-order valence-electron chi connectivity index (χ4n) is 6.90. The van der Waals surface area contributed by atoms with Crippen molar-refractivity contribution >= 4 is 11.9 Å². The predicted octanol–water partition coefficient (Wildman–Crippen LogP) is 3.42. The van der Waals surface area contributed by atoms with Gasteiger partial charge in [0.25, 0.3) is 0 Å². The van der Waals surface area contributed by atoms with Crippen molar-refractivity contribution in [1.82, 2.24) is 15.5 Å². The number of hydrogen-bond donors (Lipinski definition) is 2. The molecule has 6 rings (SSSR count). The van der Waals surface area contributed by atoms with Crippen LogP contribution in [0.15, 0.2) is 12.1 Å². The molecule has 0 saturated heterocycles. The highest BCUT2D eigenvalue weighted by Crippen LogP contribution is 2.56. The number of carbonyl (C=O) groups is 2. The van der Waals surface area contributed by atoms with Crippen molar-refractivity contribution in [3.63, 3.8) is 0 Å². The fourth-order valence-corrected chi connectivity index (χ4v) is 6.90. The molecular formula is C31H39N3O8. The number of hydrogen-bond acceptors (Lipinski definition) is 10. The van der Waals surface area contributed by atoms with Crippen molar-refractivity contribution in [2.24, 2.45) is 0 Å². The van der Waals surface area contributed by atoms with Gasteiger partial charge in [-0.2, -0.15) is 0 Å². The van der Waals surface area contributed by atoms with Gasteiger partial charge in [-0.3, -0.25) is 9.69 Å². The molecule has 0 bridgehead atoms. The third-order valence-electron chi connectivity index (χ3n) is 8.94. The molecule has 0 unspecified atom stereocenters. The van der Waals surface area contributed by atoms with Gasteiger partial charge in [-0.1, -0.05) is 25.3 Å². The number of ether oxygens (including phenoxy) is 6. The summed E-state index contributed by atoms with van der Waals surface area (Å²) in [6.45, 7) is 1.30. The van der Waals surface area contributed by atoms with E-state index in [1.807, 2.05) is 13.1 Å². The van der Waals surface area contributed by atoms with E-state index in [4.69, 9.17) is 28.4 Å². The van der Waals surface area contributed by atoms with E-state index in [0.717, 1.165) is 29.5 Å². The SMILES string of the molecule is COc1ccc2c(c1OC)C(=O)O[C@@H]2[C@H]1c2c(c(CNC(=O)CNC3CCCCC3)c3c(c2OC)OCO3)CCN1C. The lowest BCUT2D eigenvalue weighted by Crippen LogP contribution is -2.40. The molecule has 2 aromatic carbocycles. The quantitative estimate of drug-likeness (QED) is 0.427. The lowest BCUT2D eigenvalue weighted by molar-refractivity contribution is -0.120. The van der Waals surface area contributed by atoms with Gasteiger partial charge in [-0.15, -0.1) is 0 Å².